The summed E-state index contributed by atoms with van der Waals surface area (Å²) >= 11 is 0. The van der Waals surface area contributed by atoms with Crippen molar-refractivity contribution in [2.75, 3.05) is 13.4 Å². The largest absolute Gasteiger partial charge is 0.494 e. The lowest BCUT2D eigenvalue weighted by Gasteiger charge is -2.12. The summed E-state index contributed by atoms with van der Waals surface area (Å²) < 4.78 is 30.0. The molecule has 7 nitrogen and oxygen atoms in total. The van der Waals surface area contributed by atoms with Crippen molar-refractivity contribution in [2.45, 2.75) is 4.90 Å². The summed E-state index contributed by atoms with van der Waals surface area (Å²) in [6.45, 7) is 0. The highest BCUT2D eigenvalue weighted by Crippen LogP contribution is 2.26. The summed E-state index contributed by atoms with van der Waals surface area (Å²) in [4.78, 5) is 8.27. The maximum absolute atomic E-state index is 11.6. The fourth-order valence-electron chi connectivity index (χ4n) is 1.95. The lowest BCUT2D eigenvalue weighted by atomic mass is 10.3. The fourth-order valence-corrected chi connectivity index (χ4v) is 2.59. The van der Waals surface area contributed by atoms with Crippen molar-refractivity contribution in [1.29, 1.82) is 0 Å². The van der Waals surface area contributed by atoms with Gasteiger partial charge in [-0.1, -0.05) is 0 Å². The van der Waals surface area contributed by atoms with Gasteiger partial charge in [0.15, 0.2) is 15.7 Å². The molecule has 1 aromatic rings. The quantitative estimate of drug-likeness (QED) is 0.722. The van der Waals surface area contributed by atoms with E-state index in [4.69, 9.17) is 4.74 Å². The number of imidazole rings is 1. The number of fused-ring (bicyclic) bond motifs is 1. The third kappa shape index (κ3) is 2.45. The van der Waals surface area contributed by atoms with Gasteiger partial charge in [-0.15, -0.1) is 5.10 Å². The molecule has 0 spiro atoms. The Hall–Kier alpha value is -2.48. The van der Waals surface area contributed by atoms with Gasteiger partial charge in [-0.05, 0) is 18.2 Å². The van der Waals surface area contributed by atoms with E-state index in [1.54, 1.807) is 23.0 Å². The van der Waals surface area contributed by atoms with E-state index in [0.29, 0.717) is 23.0 Å². The Labute approximate surface area is 121 Å². The number of hydrogen-bond acceptors (Lipinski definition) is 6. The molecule has 1 aromatic carbocycles. The van der Waals surface area contributed by atoms with Crippen LogP contribution in [0.15, 0.2) is 41.7 Å². The van der Waals surface area contributed by atoms with E-state index in [1.807, 2.05) is 0 Å². The lowest BCUT2D eigenvalue weighted by Crippen LogP contribution is -2.06. The van der Waals surface area contributed by atoms with Crippen LogP contribution in [0.25, 0.3) is 17.2 Å². The molecule has 2 aliphatic heterocycles. The number of methoxy groups -OCH3 is 1. The van der Waals surface area contributed by atoms with Gasteiger partial charge in [0, 0.05) is 18.5 Å². The molecule has 2 heterocycles. The van der Waals surface area contributed by atoms with E-state index in [-0.39, 0.29) is 4.90 Å². The molecule has 0 saturated carbocycles. The predicted octanol–water partition coefficient (Wildman–Crippen LogP) is 1.18. The van der Waals surface area contributed by atoms with Gasteiger partial charge in [-0.2, -0.15) is 0 Å². The van der Waals surface area contributed by atoms with Crippen molar-refractivity contribution < 1.29 is 13.2 Å². The van der Waals surface area contributed by atoms with Gasteiger partial charge >= 0.3 is 0 Å². The average molecular weight is 304 g/mol. The topological polar surface area (TPSA) is 87.0 Å². The summed E-state index contributed by atoms with van der Waals surface area (Å²) in [5.41, 5.74) is 1.31. The van der Waals surface area contributed by atoms with Crippen LogP contribution in [-0.4, -0.2) is 41.5 Å². The molecular formula is C13H12N4O3S. The number of aromatic nitrogens is 4. The van der Waals surface area contributed by atoms with Crippen molar-refractivity contribution in [3.8, 4) is 23.0 Å². The number of hydrogen-bond donors (Lipinski definition) is 0. The van der Waals surface area contributed by atoms with Crippen LogP contribution in [-0.2, 0) is 9.84 Å². The van der Waals surface area contributed by atoms with Crippen LogP contribution in [0, 0.1) is 0 Å². The van der Waals surface area contributed by atoms with Gasteiger partial charge in [0.25, 0.3) is 0 Å². The van der Waals surface area contributed by atoms with Gasteiger partial charge in [0.1, 0.15) is 23.5 Å². The molecule has 0 atom stereocenters. The van der Waals surface area contributed by atoms with Crippen LogP contribution in [0.4, 0.5) is 0 Å². The molecule has 21 heavy (non-hydrogen) atoms. The van der Waals surface area contributed by atoms with Gasteiger partial charge in [-0.25, -0.2) is 23.1 Å². The maximum Gasteiger partial charge on any atom is 0.200 e. The van der Waals surface area contributed by atoms with Crippen LogP contribution in [0.2, 0.25) is 0 Å². The van der Waals surface area contributed by atoms with E-state index in [9.17, 15) is 8.42 Å². The monoisotopic (exact) mass is 304 g/mol. The van der Waals surface area contributed by atoms with Crippen LogP contribution >= 0.6 is 0 Å². The Kier molecular flexibility index (Phi) is 3.09. The molecule has 0 radical (unpaired) electrons. The Bertz CT molecular complexity index is 873. The zero-order valence-corrected chi connectivity index (χ0v) is 12.2. The number of nitrogens with zero attached hydrogens (tertiary/aromatic N) is 4. The second-order valence-electron chi connectivity index (χ2n) is 4.45. The van der Waals surface area contributed by atoms with Gasteiger partial charge in [0.05, 0.1) is 12.0 Å². The third-order valence-corrected chi connectivity index (χ3v) is 4.12. The van der Waals surface area contributed by atoms with E-state index in [2.05, 4.69) is 15.1 Å². The van der Waals surface area contributed by atoms with Gasteiger partial charge in [-0.3, -0.25) is 0 Å². The van der Waals surface area contributed by atoms with Crippen molar-refractivity contribution >= 4 is 9.84 Å². The Morgan fingerprint density at radius 2 is 2.00 bits per heavy atom. The Balaban J connectivity index is 2.16. The molecule has 0 saturated heterocycles. The standard InChI is InChI=1S/C13H12N4O3S/c1-20-12-7-9(21(2,18)19)3-4-11(12)17-6-5-10-13(16-17)15-8-14-10/h3-8H,1-2H3. The summed E-state index contributed by atoms with van der Waals surface area (Å²) in [6.07, 6.45) is 4.30. The first kappa shape index (κ1) is 13.5. The molecule has 0 aromatic heterocycles. The van der Waals surface area contributed by atoms with E-state index in [1.165, 1.54) is 25.6 Å². The lowest BCUT2D eigenvalue weighted by molar-refractivity contribution is 0.410. The van der Waals surface area contributed by atoms with Crippen molar-refractivity contribution in [3.05, 3.63) is 36.8 Å². The summed E-state index contributed by atoms with van der Waals surface area (Å²) in [7, 11) is -1.81. The van der Waals surface area contributed by atoms with Crippen LogP contribution < -0.4 is 4.74 Å². The van der Waals surface area contributed by atoms with E-state index < -0.39 is 9.84 Å². The molecule has 8 heteroatoms. The highest BCUT2D eigenvalue weighted by Gasteiger charge is 2.14. The van der Waals surface area contributed by atoms with Gasteiger partial charge < -0.3 is 4.74 Å². The maximum atomic E-state index is 11.6. The smallest absolute Gasteiger partial charge is 0.200 e. The first-order valence-corrected chi connectivity index (χ1v) is 7.93. The number of benzene rings is 1. The number of rotatable bonds is 3. The molecule has 0 amide bonds. The highest BCUT2D eigenvalue weighted by atomic mass is 32.2. The summed E-state index contributed by atoms with van der Waals surface area (Å²) in [6, 6.07) is 6.41. The number of sulfone groups is 1. The second kappa shape index (κ2) is 4.81. The van der Waals surface area contributed by atoms with Crippen molar-refractivity contribution in [3.63, 3.8) is 0 Å². The predicted molar refractivity (Wildman–Crippen MR) is 75.4 cm³/mol. The normalized spacial score (nSPS) is 11.7. The average Bonchev–Trinajstić information content (AvgIpc) is 2.93. The molecule has 0 unspecified atom stereocenters. The molecule has 0 N–H and O–H groups in total. The SMILES string of the molecule is COc1cc(S(C)(=O)=O)ccc1-n1ccc2ncnc-2n1. The third-order valence-electron chi connectivity index (χ3n) is 3.01. The zero-order valence-electron chi connectivity index (χ0n) is 11.4. The minimum Gasteiger partial charge on any atom is -0.494 e. The minimum absolute atomic E-state index is 0.192. The van der Waals surface area contributed by atoms with E-state index >= 15 is 0 Å². The van der Waals surface area contributed by atoms with Crippen molar-refractivity contribution in [2.24, 2.45) is 0 Å². The zero-order chi connectivity index (χ0) is 15.0. The summed E-state index contributed by atoms with van der Waals surface area (Å²) in [5.74, 6) is 0.918. The fraction of sp³-hybridized carbons (Fsp3) is 0.154. The number of ether oxygens (including phenoxy) is 1. The molecular weight excluding hydrogens is 292 g/mol. The highest BCUT2D eigenvalue weighted by molar-refractivity contribution is 7.90. The molecule has 2 aliphatic rings. The summed E-state index contributed by atoms with van der Waals surface area (Å²) in [5, 5.41) is 4.32. The minimum atomic E-state index is -3.29. The Morgan fingerprint density at radius 1 is 1.19 bits per heavy atom. The molecule has 108 valence electrons. The molecule has 0 fully saturated rings. The molecule has 0 aliphatic carbocycles. The van der Waals surface area contributed by atoms with Crippen LogP contribution in [0.1, 0.15) is 0 Å². The molecule has 0 bridgehead atoms. The van der Waals surface area contributed by atoms with Crippen molar-refractivity contribution in [1.82, 2.24) is 19.7 Å². The van der Waals surface area contributed by atoms with Crippen LogP contribution in [0.5, 0.6) is 5.75 Å². The van der Waals surface area contributed by atoms with Gasteiger partial charge in [0.2, 0.25) is 0 Å². The molecule has 3 rings (SSSR count). The Morgan fingerprint density at radius 3 is 2.71 bits per heavy atom. The first-order chi connectivity index (χ1) is 9.99. The first-order valence-electron chi connectivity index (χ1n) is 6.04. The van der Waals surface area contributed by atoms with Crippen LogP contribution in [0.3, 0.4) is 0 Å². The second-order valence-corrected chi connectivity index (χ2v) is 6.46. The van der Waals surface area contributed by atoms with E-state index in [0.717, 1.165) is 6.26 Å².